The third-order valence-corrected chi connectivity index (χ3v) is 2.14. The molecule has 0 bridgehead atoms. The second-order valence-corrected chi connectivity index (χ2v) is 3.22. The van der Waals surface area contributed by atoms with Crippen LogP contribution in [0.5, 0.6) is 0 Å². The summed E-state index contributed by atoms with van der Waals surface area (Å²) in [5.41, 5.74) is 1.65. The number of nitrogens with one attached hydrogen (secondary N) is 1. The molecule has 2 heterocycles. The highest BCUT2D eigenvalue weighted by molar-refractivity contribution is 5.51. The largest absolute Gasteiger partial charge is 0.365 e. The summed E-state index contributed by atoms with van der Waals surface area (Å²) < 4.78 is 0. The molecule has 0 unspecified atom stereocenters. The maximum Gasteiger partial charge on any atom is 0.144 e. The molecule has 0 fully saturated rings. The Hall–Kier alpha value is -2.41. The van der Waals surface area contributed by atoms with Crippen LogP contribution in [0.4, 0.5) is 5.82 Å². The Morgan fingerprint density at radius 3 is 2.75 bits per heavy atom. The molecular weight excluding hydrogens is 200 g/mol. The fourth-order valence-corrected chi connectivity index (χ4v) is 1.32. The van der Waals surface area contributed by atoms with E-state index in [0.717, 1.165) is 5.56 Å². The van der Waals surface area contributed by atoms with Crippen molar-refractivity contribution < 1.29 is 0 Å². The van der Waals surface area contributed by atoms with Crippen molar-refractivity contribution in [2.24, 2.45) is 0 Å². The van der Waals surface area contributed by atoms with Crippen LogP contribution < -0.4 is 5.32 Å². The van der Waals surface area contributed by atoms with Gasteiger partial charge < -0.3 is 5.32 Å². The van der Waals surface area contributed by atoms with Crippen molar-refractivity contribution in [1.29, 1.82) is 5.26 Å². The monoisotopic (exact) mass is 210 g/mol. The van der Waals surface area contributed by atoms with Crippen LogP contribution in [-0.4, -0.2) is 9.97 Å². The van der Waals surface area contributed by atoms with E-state index < -0.39 is 0 Å². The number of hydrogen-bond acceptors (Lipinski definition) is 4. The van der Waals surface area contributed by atoms with Crippen LogP contribution >= 0.6 is 0 Å². The third kappa shape index (κ3) is 2.34. The Morgan fingerprint density at radius 2 is 2.00 bits per heavy atom. The number of aromatic nitrogens is 2. The van der Waals surface area contributed by atoms with Gasteiger partial charge in [0.2, 0.25) is 0 Å². The summed E-state index contributed by atoms with van der Waals surface area (Å²) in [5, 5.41) is 12.0. The van der Waals surface area contributed by atoms with E-state index in [1.165, 1.54) is 0 Å². The molecule has 1 N–H and O–H groups in total. The van der Waals surface area contributed by atoms with E-state index in [2.05, 4.69) is 21.4 Å². The molecule has 4 nitrogen and oxygen atoms in total. The Balaban J connectivity index is 2.09. The molecule has 0 aliphatic heterocycles. The number of pyridine rings is 2. The quantitative estimate of drug-likeness (QED) is 0.841. The summed E-state index contributed by atoms with van der Waals surface area (Å²) >= 11 is 0. The number of hydrogen-bond donors (Lipinski definition) is 1. The highest BCUT2D eigenvalue weighted by Crippen LogP contribution is 2.10. The summed E-state index contributed by atoms with van der Waals surface area (Å²) in [4.78, 5) is 8.05. The first-order valence-electron chi connectivity index (χ1n) is 4.88. The first kappa shape index (κ1) is 10.1. The molecule has 78 valence electrons. The van der Waals surface area contributed by atoms with Gasteiger partial charge in [-0.15, -0.1) is 0 Å². The highest BCUT2D eigenvalue weighted by Gasteiger charge is 2.00. The number of nitrogens with zero attached hydrogens (tertiary/aromatic N) is 3. The fourth-order valence-electron chi connectivity index (χ4n) is 1.32. The average molecular weight is 210 g/mol. The summed E-state index contributed by atoms with van der Waals surface area (Å²) in [7, 11) is 0. The minimum Gasteiger partial charge on any atom is -0.365 e. The zero-order valence-corrected chi connectivity index (χ0v) is 8.59. The SMILES string of the molecule is N#Cc1cccnc1NCc1ccncc1. The van der Waals surface area contributed by atoms with Crippen molar-refractivity contribution in [2.75, 3.05) is 5.32 Å². The van der Waals surface area contributed by atoms with Crippen molar-refractivity contribution in [3.63, 3.8) is 0 Å². The van der Waals surface area contributed by atoms with Gasteiger partial charge in [-0.2, -0.15) is 5.26 Å². The predicted molar refractivity (Wildman–Crippen MR) is 60.5 cm³/mol. The van der Waals surface area contributed by atoms with Crippen LogP contribution in [-0.2, 0) is 6.54 Å². The number of rotatable bonds is 3. The maximum absolute atomic E-state index is 8.88. The van der Waals surface area contributed by atoms with E-state index >= 15 is 0 Å². The Bertz CT molecular complexity index is 502. The van der Waals surface area contributed by atoms with Gasteiger partial charge in [0.05, 0.1) is 5.56 Å². The van der Waals surface area contributed by atoms with Gasteiger partial charge in [0.15, 0.2) is 0 Å². The molecule has 0 amide bonds. The van der Waals surface area contributed by atoms with Gasteiger partial charge in [0.25, 0.3) is 0 Å². The van der Waals surface area contributed by atoms with Gasteiger partial charge in [0, 0.05) is 25.1 Å². The van der Waals surface area contributed by atoms with Crippen molar-refractivity contribution >= 4 is 5.82 Å². The van der Waals surface area contributed by atoms with E-state index in [1.54, 1.807) is 30.7 Å². The molecule has 4 heteroatoms. The van der Waals surface area contributed by atoms with E-state index in [9.17, 15) is 0 Å². The Labute approximate surface area is 93.6 Å². The lowest BCUT2D eigenvalue weighted by molar-refractivity contribution is 1.09. The van der Waals surface area contributed by atoms with Gasteiger partial charge in [-0.3, -0.25) is 4.98 Å². The van der Waals surface area contributed by atoms with E-state index in [0.29, 0.717) is 17.9 Å². The summed E-state index contributed by atoms with van der Waals surface area (Å²) in [6, 6.07) is 9.42. The van der Waals surface area contributed by atoms with Crippen LogP contribution in [0.25, 0.3) is 0 Å². The number of nitriles is 1. The zero-order valence-electron chi connectivity index (χ0n) is 8.59. The molecule has 0 saturated carbocycles. The summed E-state index contributed by atoms with van der Waals surface area (Å²) in [6.07, 6.45) is 5.14. The van der Waals surface area contributed by atoms with Crippen LogP contribution in [0, 0.1) is 11.3 Å². The first-order chi connectivity index (χ1) is 7.90. The normalized spacial score (nSPS) is 9.44. The molecule has 0 spiro atoms. The lowest BCUT2D eigenvalue weighted by Crippen LogP contribution is -2.03. The summed E-state index contributed by atoms with van der Waals surface area (Å²) in [5.74, 6) is 0.613. The lowest BCUT2D eigenvalue weighted by Gasteiger charge is -2.06. The van der Waals surface area contributed by atoms with Crippen molar-refractivity contribution in [1.82, 2.24) is 9.97 Å². The molecule has 0 aliphatic carbocycles. The molecular formula is C12H10N4. The minimum absolute atomic E-state index is 0.552. The molecule has 16 heavy (non-hydrogen) atoms. The van der Waals surface area contributed by atoms with Crippen molar-refractivity contribution in [3.05, 3.63) is 54.0 Å². The average Bonchev–Trinajstić information content (AvgIpc) is 2.38. The molecule has 0 radical (unpaired) electrons. The smallest absolute Gasteiger partial charge is 0.144 e. The second-order valence-electron chi connectivity index (χ2n) is 3.22. The van der Waals surface area contributed by atoms with Gasteiger partial charge in [-0.1, -0.05) is 0 Å². The van der Waals surface area contributed by atoms with Crippen molar-refractivity contribution in [3.8, 4) is 6.07 Å². The maximum atomic E-state index is 8.88. The molecule has 0 saturated heterocycles. The van der Waals surface area contributed by atoms with E-state index in [4.69, 9.17) is 5.26 Å². The second kappa shape index (κ2) is 4.89. The first-order valence-corrected chi connectivity index (χ1v) is 4.88. The van der Waals surface area contributed by atoms with Gasteiger partial charge in [-0.25, -0.2) is 4.98 Å². The van der Waals surface area contributed by atoms with E-state index in [1.807, 2.05) is 12.1 Å². The van der Waals surface area contributed by atoms with Gasteiger partial charge in [-0.05, 0) is 29.8 Å². The Kier molecular flexibility index (Phi) is 3.10. The summed E-state index contributed by atoms with van der Waals surface area (Å²) in [6.45, 7) is 0.633. The third-order valence-electron chi connectivity index (χ3n) is 2.14. The zero-order chi connectivity index (χ0) is 11.2. The molecule has 0 aromatic carbocycles. The topological polar surface area (TPSA) is 61.6 Å². The minimum atomic E-state index is 0.552. The molecule has 2 aromatic rings. The Morgan fingerprint density at radius 1 is 1.19 bits per heavy atom. The number of anilines is 1. The van der Waals surface area contributed by atoms with Crippen LogP contribution in [0.3, 0.4) is 0 Å². The molecule has 0 aliphatic rings. The van der Waals surface area contributed by atoms with Crippen LogP contribution in [0.2, 0.25) is 0 Å². The molecule has 2 aromatic heterocycles. The van der Waals surface area contributed by atoms with E-state index in [-0.39, 0.29) is 0 Å². The van der Waals surface area contributed by atoms with Crippen molar-refractivity contribution in [2.45, 2.75) is 6.54 Å². The fraction of sp³-hybridized carbons (Fsp3) is 0.0833. The van der Waals surface area contributed by atoms with Gasteiger partial charge in [0.1, 0.15) is 11.9 Å². The van der Waals surface area contributed by atoms with Crippen LogP contribution in [0.1, 0.15) is 11.1 Å². The predicted octanol–water partition coefficient (Wildman–Crippen LogP) is 1.96. The highest BCUT2D eigenvalue weighted by atomic mass is 15.0. The lowest BCUT2D eigenvalue weighted by atomic mass is 10.2. The molecule has 0 atom stereocenters. The van der Waals surface area contributed by atoms with Crippen LogP contribution in [0.15, 0.2) is 42.9 Å². The van der Waals surface area contributed by atoms with Gasteiger partial charge >= 0.3 is 0 Å². The molecule has 2 rings (SSSR count). The standard InChI is InChI=1S/C12H10N4/c13-8-11-2-1-5-15-12(11)16-9-10-3-6-14-7-4-10/h1-7H,9H2,(H,15,16).